The number of rotatable bonds is 4. The third-order valence-electron chi connectivity index (χ3n) is 2.55. The summed E-state index contributed by atoms with van der Waals surface area (Å²) in [6.07, 6.45) is 0. The number of nitro groups is 1. The lowest BCUT2D eigenvalue weighted by atomic mass is 10.2. The zero-order valence-corrected chi connectivity index (χ0v) is 12.2. The van der Waals surface area contributed by atoms with Crippen molar-refractivity contribution in [3.8, 4) is 17.2 Å². The molecule has 0 radical (unpaired) electrons. The number of nitrogens with zero attached hydrogens (tertiary/aromatic N) is 1. The summed E-state index contributed by atoms with van der Waals surface area (Å²) < 4.78 is 37.4. The minimum Gasteiger partial charge on any atom is -0.490 e. The lowest BCUT2D eigenvalue weighted by molar-refractivity contribution is -0.386. The first-order valence-electron chi connectivity index (χ1n) is 5.57. The Bertz CT molecular complexity index is 709. The number of methoxy groups -OCH3 is 1. The minimum atomic E-state index is -0.953. The fraction of sp³-hybridized carbons (Fsp3) is 0.0769. The fourth-order valence-electron chi connectivity index (χ4n) is 1.58. The predicted molar refractivity (Wildman–Crippen MR) is 73.8 cm³/mol. The maximum absolute atomic E-state index is 13.8. The van der Waals surface area contributed by atoms with Crippen molar-refractivity contribution in [1.82, 2.24) is 0 Å². The summed E-state index contributed by atoms with van der Waals surface area (Å²) in [7, 11) is 1.21. The van der Waals surface area contributed by atoms with E-state index in [2.05, 4.69) is 15.9 Å². The van der Waals surface area contributed by atoms with E-state index in [-0.39, 0.29) is 21.7 Å². The van der Waals surface area contributed by atoms with Crippen molar-refractivity contribution in [2.24, 2.45) is 0 Å². The fourth-order valence-corrected chi connectivity index (χ4v) is 1.82. The smallest absolute Gasteiger partial charge is 0.314 e. The molecule has 0 saturated heterocycles. The molecule has 110 valence electrons. The van der Waals surface area contributed by atoms with Crippen LogP contribution in [0.25, 0.3) is 0 Å². The average molecular weight is 360 g/mol. The normalized spacial score (nSPS) is 10.3. The molecule has 0 spiro atoms. The molecule has 0 aromatic heterocycles. The van der Waals surface area contributed by atoms with Gasteiger partial charge >= 0.3 is 5.69 Å². The van der Waals surface area contributed by atoms with Crippen molar-refractivity contribution in [3.05, 3.63) is 56.6 Å². The van der Waals surface area contributed by atoms with Crippen molar-refractivity contribution in [3.63, 3.8) is 0 Å². The van der Waals surface area contributed by atoms with Gasteiger partial charge in [-0.05, 0) is 28.1 Å². The molecule has 0 heterocycles. The number of hydrogen-bond acceptors (Lipinski definition) is 4. The molecule has 5 nitrogen and oxygen atoms in total. The van der Waals surface area contributed by atoms with Crippen LogP contribution >= 0.6 is 15.9 Å². The molecule has 2 aromatic carbocycles. The highest BCUT2D eigenvalue weighted by Crippen LogP contribution is 2.36. The van der Waals surface area contributed by atoms with E-state index in [1.807, 2.05) is 0 Å². The predicted octanol–water partition coefficient (Wildman–Crippen LogP) is 4.44. The van der Waals surface area contributed by atoms with Crippen molar-refractivity contribution < 1.29 is 23.2 Å². The molecule has 0 atom stereocenters. The quantitative estimate of drug-likeness (QED) is 0.598. The molecule has 0 fully saturated rings. The third-order valence-corrected chi connectivity index (χ3v) is 3.19. The van der Waals surface area contributed by atoms with Gasteiger partial charge in [0.05, 0.1) is 22.6 Å². The van der Waals surface area contributed by atoms with Crippen LogP contribution in [0.2, 0.25) is 0 Å². The van der Waals surface area contributed by atoms with E-state index in [1.165, 1.54) is 19.2 Å². The van der Waals surface area contributed by atoms with Crippen LogP contribution in [0, 0.1) is 21.7 Å². The molecule has 0 aliphatic heterocycles. The van der Waals surface area contributed by atoms with E-state index >= 15 is 0 Å². The highest BCUT2D eigenvalue weighted by Gasteiger charge is 2.20. The summed E-state index contributed by atoms with van der Waals surface area (Å²) in [5.74, 6) is -1.95. The van der Waals surface area contributed by atoms with Gasteiger partial charge in [0.25, 0.3) is 0 Å². The Morgan fingerprint density at radius 3 is 2.43 bits per heavy atom. The molecule has 0 aliphatic rings. The summed E-state index contributed by atoms with van der Waals surface area (Å²) in [5, 5.41) is 10.7. The summed E-state index contributed by atoms with van der Waals surface area (Å²) in [4.78, 5) is 9.98. The van der Waals surface area contributed by atoms with Gasteiger partial charge in [-0.15, -0.1) is 0 Å². The Hall–Kier alpha value is -2.22. The maximum Gasteiger partial charge on any atom is 0.314 e. The van der Waals surface area contributed by atoms with Crippen LogP contribution in [0.1, 0.15) is 0 Å². The molecule has 0 saturated carbocycles. The monoisotopic (exact) mass is 359 g/mol. The van der Waals surface area contributed by atoms with Gasteiger partial charge in [-0.1, -0.05) is 0 Å². The highest BCUT2D eigenvalue weighted by atomic mass is 79.9. The number of benzene rings is 2. The molecule has 0 N–H and O–H groups in total. The summed E-state index contributed by atoms with van der Waals surface area (Å²) in [6, 6.07) is 5.58. The highest BCUT2D eigenvalue weighted by molar-refractivity contribution is 9.10. The van der Waals surface area contributed by atoms with Crippen LogP contribution in [-0.4, -0.2) is 12.0 Å². The SMILES string of the molecule is COc1cc(Oc2ccc(Br)c(F)c2)c(F)cc1[N+](=O)[O-]. The number of hydrogen-bond donors (Lipinski definition) is 0. The van der Waals surface area contributed by atoms with E-state index in [1.54, 1.807) is 0 Å². The summed E-state index contributed by atoms with van der Waals surface area (Å²) in [6.45, 7) is 0. The molecule has 0 unspecified atom stereocenters. The molecule has 2 aromatic rings. The number of halogens is 3. The number of nitro benzene ring substituents is 1. The minimum absolute atomic E-state index is 0.0468. The van der Waals surface area contributed by atoms with Gasteiger partial charge in [-0.2, -0.15) is 0 Å². The van der Waals surface area contributed by atoms with E-state index in [0.29, 0.717) is 6.07 Å². The average Bonchev–Trinajstić information content (AvgIpc) is 2.44. The van der Waals surface area contributed by atoms with E-state index < -0.39 is 22.2 Å². The van der Waals surface area contributed by atoms with Crippen LogP contribution < -0.4 is 9.47 Å². The molecular formula is C13H8BrF2NO4. The van der Waals surface area contributed by atoms with Gasteiger partial charge in [0.15, 0.2) is 11.6 Å². The van der Waals surface area contributed by atoms with Gasteiger partial charge in [0.1, 0.15) is 11.6 Å². The second-order valence-electron chi connectivity index (χ2n) is 3.89. The molecule has 8 heteroatoms. The third kappa shape index (κ3) is 3.27. The van der Waals surface area contributed by atoms with Gasteiger partial charge in [0, 0.05) is 12.1 Å². The zero-order chi connectivity index (χ0) is 15.6. The number of ether oxygens (including phenoxy) is 2. The summed E-state index contributed by atoms with van der Waals surface area (Å²) in [5.41, 5.74) is -0.524. The van der Waals surface area contributed by atoms with E-state index in [4.69, 9.17) is 9.47 Å². The van der Waals surface area contributed by atoms with Gasteiger partial charge in [0.2, 0.25) is 5.75 Å². The molecule has 0 aliphatic carbocycles. The lowest BCUT2D eigenvalue weighted by Gasteiger charge is -2.09. The van der Waals surface area contributed by atoms with Gasteiger partial charge in [-0.25, -0.2) is 8.78 Å². The second-order valence-corrected chi connectivity index (χ2v) is 4.74. The second kappa shape index (κ2) is 6.04. The first kappa shape index (κ1) is 15.2. The van der Waals surface area contributed by atoms with Crippen molar-refractivity contribution in [2.75, 3.05) is 7.11 Å². The Kier molecular flexibility index (Phi) is 4.37. The van der Waals surface area contributed by atoms with Crippen molar-refractivity contribution in [2.45, 2.75) is 0 Å². The summed E-state index contributed by atoms with van der Waals surface area (Å²) >= 11 is 2.98. The van der Waals surface area contributed by atoms with Gasteiger partial charge < -0.3 is 9.47 Å². The first-order chi connectivity index (χ1) is 9.92. The first-order valence-corrected chi connectivity index (χ1v) is 6.36. The Morgan fingerprint density at radius 1 is 1.14 bits per heavy atom. The van der Waals surface area contributed by atoms with Gasteiger partial charge in [-0.3, -0.25) is 10.1 Å². The van der Waals surface area contributed by atoms with Crippen molar-refractivity contribution in [1.29, 1.82) is 0 Å². The van der Waals surface area contributed by atoms with Crippen LogP contribution in [0.15, 0.2) is 34.8 Å². The molecule has 0 bridgehead atoms. The van der Waals surface area contributed by atoms with E-state index in [0.717, 1.165) is 12.1 Å². The largest absolute Gasteiger partial charge is 0.490 e. The molecule has 2 rings (SSSR count). The van der Waals surface area contributed by atoms with Crippen molar-refractivity contribution >= 4 is 21.6 Å². The maximum atomic E-state index is 13.8. The Balaban J connectivity index is 2.40. The van der Waals surface area contributed by atoms with Crippen LogP contribution in [-0.2, 0) is 0 Å². The topological polar surface area (TPSA) is 61.6 Å². The standard InChI is InChI=1S/C13H8BrF2NO4/c1-20-13-6-12(10(16)5-11(13)17(18)19)21-7-2-3-8(14)9(15)4-7/h2-6H,1H3. The lowest BCUT2D eigenvalue weighted by Crippen LogP contribution is -1.97. The van der Waals surface area contributed by atoms with E-state index in [9.17, 15) is 18.9 Å². The Morgan fingerprint density at radius 2 is 1.86 bits per heavy atom. The molecule has 21 heavy (non-hydrogen) atoms. The Labute approximate surface area is 126 Å². The van der Waals surface area contributed by atoms with Crippen LogP contribution in [0.4, 0.5) is 14.5 Å². The van der Waals surface area contributed by atoms with Crippen LogP contribution in [0.3, 0.4) is 0 Å². The van der Waals surface area contributed by atoms with Crippen LogP contribution in [0.5, 0.6) is 17.2 Å². The molecular weight excluding hydrogens is 352 g/mol. The zero-order valence-electron chi connectivity index (χ0n) is 10.6. The molecule has 0 amide bonds.